The van der Waals surface area contributed by atoms with Crippen LogP contribution >= 0.6 is 0 Å². The third-order valence-electron chi connectivity index (χ3n) is 5.95. The molecule has 3 aromatic heterocycles. The number of esters is 1. The van der Waals surface area contributed by atoms with Crippen LogP contribution in [0.3, 0.4) is 0 Å². The Kier molecular flexibility index (Phi) is 4.09. The normalized spacial score (nSPS) is 16.1. The number of hydrogen-bond acceptors (Lipinski definition) is 5. The van der Waals surface area contributed by atoms with Gasteiger partial charge in [0.25, 0.3) is 5.91 Å². The number of hydrogen-bond donors (Lipinski definition) is 1. The number of para-hydroxylation sites is 1. The zero-order valence-electron chi connectivity index (χ0n) is 17.0. The average Bonchev–Trinajstić information content (AvgIpc) is 3.28. The molecule has 0 aliphatic carbocycles. The Balaban J connectivity index is 1.62. The first-order valence-electron chi connectivity index (χ1n) is 9.75. The van der Waals surface area contributed by atoms with Gasteiger partial charge in [-0.25, -0.2) is 14.8 Å². The van der Waals surface area contributed by atoms with Gasteiger partial charge in [0.1, 0.15) is 17.4 Å². The molecule has 5 rings (SSSR count). The molecule has 0 spiro atoms. The molecular weight excluding hydrogens is 382 g/mol. The summed E-state index contributed by atoms with van der Waals surface area (Å²) in [4.78, 5) is 40.1. The number of imidazole rings is 1. The number of ether oxygens (including phenoxy) is 1. The van der Waals surface area contributed by atoms with Crippen molar-refractivity contribution in [1.29, 1.82) is 0 Å². The summed E-state index contributed by atoms with van der Waals surface area (Å²) in [5.41, 5.74) is 4.58. The number of amides is 1. The van der Waals surface area contributed by atoms with Gasteiger partial charge in [-0.15, -0.1) is 0 Å². The molecule has 8 heteroatoms. The highest BCUT2D eigenvalue weighted by Gasteiger charge is 2.38. The van der Waals surface area contributed by atoms with Crippen molar-refractivity contribution in [3.05, 3.63) is 59.2 Å². The first-order valence-corrected chi connectivity index (χ1v) is 9.75. The summed E-state index contributed by atoms with van der Waals surface area (Å²) in [5.74, 6) is 0.0702. The number of aromatic amines is 1. The van der Waals surface area contributed by atoms with Crippen molar-refractivity contribution in [2.75, 3.05) is 7.11 Å². The molecule has 1 aliphatic heterocycles. The van der Waals surface area contributed by atoms with Gasteiger partial charge in [-0.1, -0.05) is 18.2 Å². The Hall–Kier alpha value is -3.68. The van der Waals surface area contributed by atoms with E-state index in [-0.39, 0.29) is 12.5 Å². The molecule has 1 N–H and O–H groups in total. The fraction of sp³-hybridized carbons (Fsp3) is 0.273. The predicted molar refractivity (Wildman–Crippen MR) is 111 cm³/mol. The van der Waals surface area contributed by atoms with E-state index in [4.69, 9.17) is 4.74 Å². The predicted octanol–water partition coefficient (Wildman–Crippen LogP) is 2.50. The zero-order chi connectivity index (χ0) is 21.0. The average molecular weight is 403 g/mol. The second-order valence-corrected chi connectivity index (χ2v) is 7.55. The van der Waals surface area contributed by atoms with E-state index in [2.05, 4.69) is 15.0 Å². The number of carbonyl (C=O) groups excluding carboxylic acids is 2. The molecule has 0 saturated carbocycles. The van der Waals surface area contributed by atoms with Crippen molar-refractivity contribution in [3.63, 3.8) is 0 Å². The number of benzene rings is 1. The molecule has 0 bridgehead atoms. The topological polar surface area (TPSA) is 93.1 Å². The number of aromatic nitrogens is 4. The highest BCUT2D eigenvalue weighted by atomic mass is 16.5. The van der Waals surface area contributed by atoms with E-state index >= 15 is 0 Å². The van der Waals surface area contributed by atoms with Crippen molar-refractivity contribution in [2.24, 2.45) is 7.05 Å². The summed E-state index contributed by atoms with van der Waals surface area (Å²) in [7, 11) is 3.21. The molecule has 4 heterocycles. The van der Waals surface area contributed by atoms with Crippen LogP contribution in [0.1, 0.15) is 27.4 Å². The first-order chi connectivity index (χ1) is 14.5. The minimum atomic E-state index is -0.706. The Morgan fingerprint density at radius 3 is 2.83 bits per heavy atom. The quantitative estimate of drug-likeness (QED) is 0.519. The van der Waals surface area contributed by atoms with Gasteiger partial charge >= 0.3 is 5.97 Å². The summed E-state index contributed by atoms with van der Waals surface area (Å²) in [5, 5.41) is 1.07. The lowest BCUT2D eigenvalue weighted by Gasteiger charge is -2.34. The maximum atomic E-state index is 13.6. The van der Waals surface area contributed by atoms with Gasteiger partial charge in [0.15, 0.2) is 5.65 Å². The number of nitrogens with one attached hydrogen (secondary N) is 1. The van der Waals surface area contributed by atoms with Crippen LogP contribution < -0.4 is 0 Å². The second kappa shape index (κ2) is 6.69. The number of nitrogens with zero attached hydrogens (tertiary/aromatic N) is 4. The molecule has 152 valence electrons. The van der Waals surface area contributed by atoms with E-state index in [9.17, 15) is 9.59 Å². The van der Waals surface area contributed by atoms with Gasteiger partial charge in [0.2, 0.25) is 0 Å². The van der Waals surface area contributed by atoms with E-state index < -0.39 is 12.0 Å². The lowest BCUT2D eigenvalue weighted by atomic mass is 9.95. The third-order valence-corrected chi connectivity index (χ3v) is 5.95. The van der Waals surface area contributed by atoms with E-state index in [0.29, 0.717) is 23.1 Å². The van der Waals surface area contributed by atoms with E-state index in [1.165, 1.54) is 7.11 Å². The van der Waals surface area contributed by atoms with E-state index in [0.717, 1.165) is 28.0 Å². The number of aryl methyl sites for hydroxylation is 2. The molecule has 1 aliphatic rings. The Labute approximate surface area is 172 Å². The van der Waals surface area contributed by atoms with Crippen molar-refractivity contribution >= 4 is 33.9 Å². The second-order valence-electron chi connectivity index (χ2n) is 7.55. The molecule has 4 aromatic rings. The van der Waals surface area contributed by atoms with Crippen LogP contribution in [0, 0.1) is 6.92 Å². The fourth-order valence-corrected chi connectivity index (χ4v) is 4.28. The minimum absolute atomic E-state index is 0.264. The van der Waals surface area contributed by atoms with Gasteiger partial charge < -0.3 is 19.2 Å². The molecule has 0 radical (unpaired) electrons. The monoisotopic (exact) mass is 403 g/mol. The third kappa shape index (κ3) is 2.60. The van der Waals surface area contributed by atoms with E-state index in [1.807, 2.05) is 42.8 Å². The lowest BCUT2D eigenvalue weighted by molar-refractivity contribution is -0.146. The molecule has 0 fully saturated rings. The Morgan fingerprint density at radius 1 is 1.23 bits per heavy atom. The van der Waals surface area contributed by atoms with Gasteiger partial charge in [0, 0.05) is 36.3 Å². The highest BCUT2D eigenvalue weighted by molar-refractivity contribution is 6.05. The fourth-order valence-electron chi connectivity index (χ4n) is 4.28. The standard InChI is InChI=1S/C22H21N5O3/c1-12-24-19-14(8-9-23-20(19)26(12)2)21(28)27-11-17-15(10-18(27)22(29)30-3)13-6-4-5-7-16(13)25-17/h4-9,18,25H,10-11H2,1-3H3/t18-/m0/s1. The van der Waals surface area contributed by atoms with Crippen molar-refractivity contribution in [3.8, 4) is 0 Å². The van der Waals surface area contributed by atoms with Crippen molar-refractivity contribution in [1.82, 2.24) is 24.4 Å². The SMILES string of the molecule is COC(=O)[C@@H]1Cc2c([nH]c3ccccc23)CN1C(=O)c1ccnc2c1nc(C)n2C. The Bertz CT molecular complexity index is 1320. The lowest BCUT2D eigenvalue weighted by Crippen LogP contribution is -2.49. The molecule has 0 saturated heterocycles. The number of H-pyrrole nitrogens is 1. The van der Waals surface area contributed by atoms with Gasteiger partial charge in [-0.05, 0) is 24.6 Å². The van der Waals surface area contributed by atoms with Crippen LogP contribution in [0.5, 0.6) is 0 Å². The number of rotatable bonds is 2. The minimum Gasteiger partial charge on any atom is -0.467 e. The van der Waals surface area contributed by atoms with Crippen molar-refractivity contribution in [2.45, 2.75) is 25.9 Å². The zero-order valence-corrected chi connectivity index (χ0v) is 17.0. The summed E-state index contributed by atoms with van der Waals surface area (Å²) in [6.07, 6.45) is 2.00. The van der Waals surface area contributed by atoms with Crippen LogP contribution in [0.25, 0.3) is 22.1 Å². The molecular formula is C22H21N5O3. The summed E-state index contributed by atoms with van der Waals surface area (Å²) >= 11 is 0. The number of fused-ring (bicyclic) bond motifs is 4. The molecule has 1 atom stereocenters. The Morgan fingerprint density at radius 2 is 2.03 bits per heavy atom. The molecule has 8 nitrogen and oxygen atoms in total. The number of carbonyl (C=O) groups is 2. The summed E-state index contributed by atoms with van der Waals surface area (Å²) in [6.45, 7) is 2.16. The number of pyridine rings is 1. The smallest absolute Gasteiger partial charge is 0.328 e. The summed E-state index contributed by atoms with van der Waals surface area (Å²) in [6, 6.07) is 8.91. The first kappa shape index (κ1) is 18.4. The highest BCUT2D eigenvalue weighted by Crippen LogP contribution is 2.32. The van der Waals surface area contributed by atoms with Crippen LogP contribution in [0.2, 0.25) is 0 Å². The van der Waals surface area contributed by atoms with Crippen LogP contribution in [0.15, 0.2) is 36.5 Å². The molecule has 1 amide bonds. The van der Waals surface area contributed by atoms with Crippen LogP contribution in [0.4, 0.5) is 0 Å². The molecule has 0 unspecified atom stereocenters. The molecule has 1 aromatic carbocycles. The van der Waals surface area contributed by atoms with Gasteiger partial charge in [-0.3, -0.25) is 4.79 Å². The van der Waals surface area contributed by atoms with Crippen LogP contribution in [-0.2, 0) is 29.5 Å². The van der Waals surface area contributed by atoms with Crippen LogP contribution in [-0.4, -0.2) is 49.4 Å². The number of methoxy groups -OCH3 is 1. The van der Waals surface area contributed by atoms with E-state index in [1.54, 1.807) is 17.2 Å². The summed E-state index contributed by atoms with van der Waals surface area (Å²) < 4.78 is 6.89. The maximum Gasteiger partial charge on any atom is 0.328 e. The maximum absolute atomic E-state index is 13.6. The molecule has 30 heavy (non-hydrogen) atoms. The van der Waals surface area contributed by atoms with Gasteiger partial charge in [-0.2, -0.15) is 0 Å². The van der Waals surface area contributed by atoms with Gasteiger partial charge in [0.05, 0.1) is 19.2 Å². The largest absolute Gasteiger partial charge is 0.467 e. The van der Waals surface area contributed by atoms with Crippen molar-refractivity contribution < 1.29 is 14.3 Å².